The fourth-order valence-electron chi connectivity index (χ4n) is 2.49. The van der Waals surface area contributed by atoms with Crippen molar-refractivity contribution >= 4 is 17.6 Å². The number of carbonyl (C=O) groups excluding carboxylic acids is 1. The van der Waals surface area contributed by atoms with Crippen LogP contribution in [0, 0.1) is 0 Å². The molecule has 136 valence electrons. The summed E-state index contributed by atoms with van der Waals surface area (Å²) in [5, 5.41) is 48.4. The molecule has 25 heavy (non-hydrogen) atoms. The van der Waals surface area contributed by atoms with Crippen molar-refractivity contribution in [3.8, 4) is 5.75 Å². The van der Waals surface area contributed by atoms with E-state index in [1.165, 1.54) is 12.1 Å². The summed E-state index contributed by atoms with van der Waals surface area (Å²) in [5.74, 6) is -2.56. The molecular weight excluding hydrogens is 342 g/mol. The van der Waals surface area contributed by atoms with E-state index >= 15 is 0 Å². The van der Waals surface area contributed by atoms with Crippen molar-refractivity contribution < 1.29 is 49.4 Å². The number of benzene rings is 1. The van der Waals surface area contributed by atoms with Crippen molar-refractivity contribution in [2.24, 2.45) is 0 Å². The van der Waals surface area contributed by atoms with Crippen molar-refractivity contribution in [2.45, 2.75) is 37.0 Å². The fourth-order valence-corrected chi connectivity index (χ4v) is 2.49. The molecule has 0 saturated carbocycles. The number of aliphatic hydroxyl groups excluding tert-OH is 3. The Hall–Kier alpha value is -2.28. The molecule has 0 bridgehead atoms. The number of carboxylic acid groups (broad SMARTS) is 1. The molecule has 2 aliphatic heterocycles. The molecular formula is C14H15NO10. The lowest BCUT2D eigenvalue weighted by Gasteiger charge is -2.40. The molecule has 1 aromatic rings. The van der Waals surface area contributed by atoms with Crippen LogP contribution < -0.4 is 9.80 Å². The Kier molecular flexibility index (Phi) is 4.60. The van der Waals surface area contributed by atoms with Crippen molar-refractivity contribution in [1.82, 2.24) is 0 Å². The summed E-state index contributed by atoms with van der Waals surface area (Å²) in [7, 11) is 0. The predicted octanol–water partition coefficient (Wildman–Crippen LogP) is -1.96. The first-order valence-corrected chi connectivity index (χ1v) is 7.17. The number of hydrogen-bond donors (Lipinski definition) is 5. The third kappa shape index (κ3) is 3.04. The zero-order valence-electron chi connectivity index (χ0n) is 12.5. The van der Waals surface area contributed by atoms with Gasteiger partial charge in [0.1, 0.15) is 29.7 Å². The number of hydrogen-bond acceptors (Lipinski definition) is 9. The first-order chi connectivity index (χ1) is 11.8. The smallest absolute Gasteiger partial charge is 0.335 e. The van der Waals surface area contributed by atoms with Crippen LogP contribution in [-0.4, -0.2) is 74.5 Å². The van der Waals surface area contributed by atoms with Crippen molar-refractivity contribution in [2.75, 3.05) is 5.06 Å². The molecule has 3 rings (SSSR count). The van der Waals surface area contributed by atoms with E-state index in [0.717, 1.165) is 0 Å². The number of carbonyl (C=O) groups is 2. The van der Waals surface area contributed by atoms with Crippen LogP contribution in [0.2, 0.25) is 0 Å². The summed E-state index contributed by atoms with van der Waals surface area (Å²) in [5.41, 5.74) is 0.0660. The summed E-state index contributed by atoms with van der Waals surface area (Å²) in [6.07, 6.45) is -11.1. The lowest BCUT2D eigenvalue weighted by Crippen LogP contribution is -2.62. The zero-order chi connectivity index (χ0) is 18.3. The first-order valence-electron chi connectivity index (χ1n) is 7.17. The van der Waals surface area contributed by atoms with Crippen LogP contribution in [0.5, 0.6) is 5.75 Å². The quantitative estimate of drug-likeness (QED) is 0.383. The monoisotopic (exact) mass is 357 g/mol. The number of amides is 1. The molecule has 1 amide bonds. The third-order valence-electron chi connectivity index (χ3n) is 3.81. The number of para-hydroxylation sites is 2. The van der Waals surface area contributed by atoms with Crippen LogP contribution in [0.3, 0.4) is 0 Å². The molecule has 0 radical (unpaired) electrons. The second-order valence-corrected chi connectivity index (χ2v) is 5.44. The van der Waals surface area contributed by atoms with Crippen LogP contribution >= 0.6 is 0 Å². The molecule has 0 aliphatic carbocycles. The highest BCUT2D eigenvalue weighted by Crippen LogP contribution is 2.34. The van der Waals surface area contributed by atoms with Gasteiger partial charge < -0.3 is 34.6 Å². The first kappa shape index (κ1) is 17.5. The van der Waals surface area contributed by atoms with Crippen molar-refractivity contribution in [3.05, 3.63) is 24.3 Å². The summed E-state index contributed by atoms with van der Waals surface area (Å²) in [4.78, 5) is 23.1. The van der Waals surface area contributed by atoms with Crippen LogP contribution in [0.1, 0.15) is 0 Å². The van der Waals surface area contributed by atoms with E-state index in [4.69, 9.17) is 19.3 Å². The minimum atomic E-state index is -1.90. The van der Waals surface area contributed by atoms with E-state index in [0.29, 0.717) is 0 Å². The van der Waals surface area contributed by atoms with Crippen LogP contribution in [0.25, 0.3) is 0 Å². The number of aliphatic carboxylic acids is 1. The average molecular weight is 357 g/mol. The largest absolute Gasteiger partial charge is 0.479 e. The van der Waals surface area contributed by atoms with Gasteiger partial charge in [-0.3, -0.25) is 10.0 Å². The van der Waals surface area contributed by atoms with Gasteiger partial charge in [-0.25, -0.2) is 4.79 Å². The normalized spacial score (nSPS) is 35.0. The molecule has 3 unspecified atom stereocenters. The van der Waals surface area contributed by atoms with Gasteiger partial charge in [0.15, 0.2) is 12.4 Å². The molecule has 6 atom stereocenters. The fraction of sp³-hybridized carbons (Fsp3) is 0.429. The highest BCUT2D eigenvalue weighted by atomic mass is 16.8. The van der Waals surface area contributed by atoms with Gasteiger partial charge in [0.25, 0.3) is 6.29 Å². The van der Waals surface area contributed by atoms with E-state index in [2.05, 4.69) is 0 Å². The SMILES string of the molecule is O=C(O)[C@@H]1O[C@H](OC2Oc3ccccc3N(O)C2=O)C(O)[C@H](O)C1O. The Balaban J connectivity index is 1.79. The van der Waals surface area contributed by atoms with Crippen LogP contribution in [0.4, 0.5) is 5.69 Å². The lowest BCUT2D eigenvalue weighted by molar-refractivity contribution is -0.317. The van der Waals surface area contributed by atoms with Gasteiger partial charge in [0, 0.05) is 0 Å². The Morgan fingerprint density at radius 1 is 1.12 bits per heavy atom. The lowest BCUT2D eigenvalue weighted by atomic mass is 9.99. The predicted molar refractivity (Wildman–Crippen MR) is 75.5 cm³/mol. The van der Waals surface area contributed by atoms with Crippen molar-refractivity contribution in [1.29, 1.82) is 0 Å². The number of rotatable bonds is 3. The number of nitrogens with zero attached hydrogens (tertiary/aromatic N) is 1. The highest BCUT2D eigenvalue weighted by Gasteiger charge is 2.49. The molecule has 1 saturated heterocycles. The maximum Gasteiger partial charge on any atom is 0.335 e. The average Bonchev–Trinajstić information content (AvgIpc) is 2.59. The van der Waals surface area contributed by atoms with Gasteiger partial charge in [-0.15, -0.1) is 0 Å². The van der Waals surface area contributed by atoms with E-state index in [1.807, 2.05) is 0 Å². The van der Waals surface area contributed by atoms with E-state index < -0.39 is 48.9 Å². The number of fused-ring (bicyclic) bond motifs is 1. The molecule has 2 heterocycles. The molecule has 0 spiro atoms. The summed E-state index contributed by atoms with van der Waals surface area (Å²) < 4.78 is 15.3. The maximum atomic E-state index is 12.1. The third-order valence-corrected chi connectivity index (χ3v) is 3.81. The van der Waals surface area contributed by atoms with Gasteiger partial charge >= 0.3 is 11.9 Å². The Labute approximate surface area is 140 Å². The van der Waals surface area contributed by atoms with Crippen LogP contribution in [-0.2, 0) is 19.1 Å². The molecule has 5 N–H and O–H groups in total. The molecule has 11 heteroatoms. The number of hydroxylamine groups is 1. The molecule has 11 nitrogen and oxygen atoms in total. The topological polar surface area (TPSA) is 166 Å². The molecule has 1 fully saturated rings. The minimum Gasteiger partial charge on any atom is -0.479 e. The second kappa shape index (κ2) is 6.55. The van der Waals surface area contributed by atoms with Crippen molar-refractivity contribution in [3.63, 3.8) is 0 Å². The Morgan fingerprint density at radius 2 is 1.80 bits per heavy atom. The zero-order valence-corrected chi connectivity index (χ0v) is 12.5. The molecule has 0 aromatic heterocycles. The standard InChI is InChI=1S/C14H15NO10/c16-7-8(17)10(12(20)21)24-13(9(7)18)25-14-11(19)15(22)5-3-1-2-4-6(5)23-14/h1-4,7-10,13-14,16-18,22H,(H,20,21)/t7-,8?,9?,10-,13-,14?/m1/s1. The number of ether oxygens (including phenoxy) is 3. The Morgan fingerprint density at radius 3 is 2.48 bits per heavy atom. The second-order valence-electron chi connectivity index (χ2n) is 5.44. The van der Waals surface area contributed by atoms with Crippen LogP contribution in [0.15, 0.2) is 24.3 Å². The minimum absolute atomic E-state index is 0.0660. The van der Waals surface area contributed by atoms with Gasteiger partial charge in [0.05, 0.1) is 0 Å². The number of anilines is 1. The number of aliphatic hydroxyl groups is 3. The van der Waals surface area contributed by atoms with E-state index in [1.54, 1.807) is 12.1 Å². The molecule has 1 aromatic carbocycles. The molecule has 2 aliphatic rings. The summed E-state index contributed by atoms with van der Waals surface area (Å²) in [6, 6.07) is 5.99. The Bertz CT molecular complexity index is 681. The highest BCUT2D eigenvalue weighted by molar-refractivity contribution is 5.97. The number of carboxylic acids is 1. The van der Waals surface area contributed by atoms with Gasteiger partial charge in [-0.05, 0) is 12.1 Å². The summed E-state index contributed by atoms with van der Waals surface area (Å²) >= 11 is 0. The van der Waals surface area contributed by atoms with E-state index in [-0.39, 0.29) is 16.5 Å². The van der Waals surface area contributed by atoms with Gasteiger partial charge in [0.2, 0.25) is 0 Å². The van der Waals surface area contributed by atoms with Gasteiger partial charge in [-0.2, -0.15) is 5.06 Å². The summed E-state index contributed by atoms with van der Waals surface area (Å²) in [6.45, 7) is 0. The van der Waals surface area contributed by atoms with E-state index in [9.17, 15) is 30.1 Å². The van der Waals surface area contributed by atoms with Gasteiger partial charge in [-0.1, -0.05) is 12.1 Å². The maximum absolute atomic E-state index is 12.1.